The summed E-state index contributed by atoms with van der Waals surface area (Å²) in [6.45, 7) is 5.85. The predicted octanol–water partition coefficient (Wildman–Crippen LogP) is 2.59. The molecular weight excluding hydrogens is 287 g/mol. The van der Waals surface area contributed by atoms with Crippen molar-refractivity contribution < 1.29 is 9.50 Å². The lowest BCUT2D eigenvalue weighted by Gasteiger charge is -2.28. The highest BCUT2D eigenvalue weighted by atomic mass is 79.9. The van der Waals surface area contributed by atoms with Crippen molar-refractivity contribution in [3.05, 3.63) is 28.0 Å². The van der Waals surface area contributed by atoms with E-state index in [1.165, 1.54) is 6.07 Å². The fourth-order valence-corrected chi connectivity index (χ4v) is 2.02. The van der Waals surface area contributed by atoms with Gasteiger partial charge in [-0.1, -0.05) is 0 Å². The lowest BCUT2D eigenvalue weighted by molar-refractivity contribution is 0.217. The Kier molecular flexibility index (Phi) is 4.52. The largest absolute Gasteiger partial charge is 0.395 e. The topological polar surface area (TPSA) is 58.3 Å². The first kappa shape index (κ1) is 14.4. The molecule has 0 radical (unpaired) electrons. The first-order valence-electron chi connectivity index (χ1n) is 5.37. The van der Waals surface area contributed by atoms with E-state index >= 15 is 0 Å². The molecule has 3 nitrogen and oxygen atoms in total. The standard InChI is InChI=1S/C12H18BrFN2O/c1-12(2,3)16-10(6-17)7-4-8(13)11(15)9(14)5-7/h4-5,10,16-17H,6,15H2,1-3H3. The molecule has 1 aromatic rings. The zero-order valence-corrected chi connectivity index (χ0v) is 11.8. The average molecular weight is 305 g/mol. The first-order chi connectivity index (χ1) is 7.74. The fourth-order valence-electron chi connectivity index (χ4n) is 1.56. The van der Waals surface area contributed by atoms with Gasteiger partial charge in [0.05, 0.1) is 18.3 Å². The number of aliphatic hydroxyl groups excluding tert-OH is 1. The molecule has 0 fully saturated rings. The molecule has 0 saturated heterocycles. The Morgan fingerprint density at radius 1 is 1.47 bits per heavy atom. The molecule has 0 aliphatic carbocycles. The van der Waals surface area contributed by atoms with Crippen LogP contribution < -0.4 is 11.1 Å². The minimum Gasteiger partial charge on any atom is -0.395 e. The van der Waals surface area contributed by atoms with E-state index in [1.807, 2.05) is 20.8 Å². The summed E-state index contributed by atoms with van der Waals surface area (Å²) in [7, 11) is 0. The van der Waals surface area contributed by atoms with Crippen molar-refractivity contribution in [1.29, 1.82) is 0 Å². The van der Waals surface area contributed by atoms with E-state index in [-0.39, 0.29) is 23.9 Å². The quantitative estimate of drug-likeness (QED) is 0.752. The van der Waals surface area contributed by atoms with E-state index in [2.05, 4.69) is 21.2 Å². The molecule has 0 heterocycles. The second kappa shape index (κ2) is 5.33. The van der Waals surface area contributed by atoms with Crippen molar-refractivity contribution in [2.75, 3.05) is 12.3 Å². The molecule has 0 spiro atoms. The molecule has 0 bridgehead atoms. The molecule has 0 aromatic heterocycles. The van der Waals surface area contributed by atoms with E-state index in [0.717, 1.165) is 0 Å². The van der Waals surface area contributed by atoms with Gasteiger partial charge in [-0.25, -0.2) is 4.39 Å². The molecule has 4 N–H and O–H groups in total. The number of hydrogen-bond acceptors (Lipinski definition) is 3. The van der Waals surface area contributed by atoms with Crippen LogP contribution in [0.5, 0.6) is 0 Å². The van der Waals surface area contributed by atoms with Gasteiger partial charge >= 0.3 is 0 Å². The number of nitrogen functional groups attached to an aromatic ring is 1. The summed E-state index contributed by atoms with van der Waals surface area (Å²) >= 11 is 3.20. The highest BCUT2D eigenvalue weighted by Gasteiger charge is 2.19. The molecule has 0 saturated carbocycles. The van der Waals surface area contributed by atoms with Gasteiger partial charge in [0.15, 0.2) is 0 Å². The van der Waals surface area contributed by atoms with Crippen LogP contribution >= 0.6 is 15.9 Å². The summed E-state index contributed by atoms with van der Waals surface area (Å²) < 4.78 is 14.0. The fraction of sp³-hybridized carbons (Fsp3) is 0.500. The Labute approximate surface area is 109 Å². The summed E-state index contributed by atoms with van der Waals surface area (Å²) in [5.74, 6) is -0.483. The van der Waals surface area contributed by atoms with Crippen molar-refractivity contribution in [3.8, 4) is 0 Å². The zero-order chi connectivity index (χ0) is 13.2. The molecule has 1 unspecified atom stereocenters. The van der Waals surface area contributed by atoms with Crippen molar-refractivity contribution in [3.63, 3.8) is 0 Å². The van der Waals surface area contributed by atoms with Gasteiger partial charge in [0.25, 0.3) is 0 Å². The molecule has 96 valence electrons. The minimum absolute atomic E-state index is 0.0844. The van der Waals surface area contributed by atoms with Gasteiger partial charge in [-0.15, -0.1) is 0 Å². The Hall–Kier alpha value is -0.650. The SMILES string of the molecule is CC(C)(C)NC(CO)c1cc(F)c(N)c(Br)c1. The van der Waals surface area contributed by atoms with Crippen molar-refractivity contribution >= 4 is 21.6 Å². The van der Waals surface area contributed by atoms with E-state index in [0.29, 0.717) is 10.0 Å². The zero-order valence-electron chi connectivity index (χ0n) is 10.2. The molecule has 1 atom stereocenters. The number of nitrogens with two attached hydrogens (primary N) is 1. The Morgan fingerprint density at radius 2 is 2.06 bits per heavy atom. The van der Waals surface area contributed by atoms with Crippen LogP contribution in [0.25, 0.3) is 0 Å². The van der Waals surface area contributed by atoms with Crippen LogP contribution in [0.4, 0.5) is 10.1 Å². The number of benzene rings is 1. The maximum atomic E-state index is 13.5. The first-order valence-corrected chi connectivity index (χ1v) is 6.17. The Morgan fingerprint density at radius 3 is 2.47 bits per heavy atom. The van der Waals surface area contributed by atoms with Crippen molar-refractivity contribution in [2.45, 2.75) is 32.4 Å². The lowest BCUT2D eigenvalue weighted by atomic mass is 10.0. The Bertz CT molecular complexity index is 381. The maximum absolute atomic E-state index is 13.5. The second-order valence-electron chi connectivity index (χ2n) is 5.03. The summed E-state index contributed by atoms with van der Waals surface area (Å²) in [5.41, 5.74) is 6.10. The molecule has 1 rings (SSSR count). The number of hydrogen-bond donors (Lipinski definition) is 3. The third-order valence-corrected chi connectivity index (χ3v) is 2.95. The van der Waals surface area contributed by atoms with Gasteiger partial charge in [0.1, 0.15) is 5.82 Å². The molecule has 5 heteroatoms. The highest BCUT2D eigenvalue weighted by molar-refractivity contribution is 9.10. The molecule has 0 amide bonds. The van der Waals surface area contributed by atoms with Gasteiger partial charge in [-0.05, 0) is 54.4 Å². The predicted molar refractivity (Wildman–Crippen MR) is 71.2 cm³/mol. The molecule has 17 heavy (non-hydrogen) atoms. The van der Waals surface area contributed by atoms with E-state index in [1.54, 1.807) is 6.07 Å². The van der Waals surface area contributed by atoms with Gasteiger partial charge in [-0.2, -0.15) is 0 Å². The van der Waals surface area contributed by atoms with Crippen LogP contribution in [-0.4, -0.2) is 17.3 Å². The van der Waals surface area contributed by atoms with Crippen LogP contribution in [0.15, 0.2) is 16.6 Å². The number of rotatable bonds is 3. The van der Waals surface area contributed by atoms with E-state index < -0.39 is 5.82 Å². The maximum Gasteiger partial charge on any atom is 0.147 e. The third kappa shape index (κ3) is 3.94. The van der Waals surface area contributed by atoms with Crippen LogP contribution in [0.1, 0.15) is 32.4 Å². The summed E-state index contributed by atoms with van der Waals surface area (Å²) in [6.07, 6.45) is 0. The van der Waals surface area contributed by atoms with Gasteiger partial charge in [0.2, 0.25) is 0 Å². The summed E-state index contributed by atoms with van der Waals surface area (Å²) in [5, 5.41) is 12.6. The molecule has 0 aliphatic heterocycles. The van der Waals surface area contributed by atoms with Crippen LogP contribution in [0, 0.1) is 5.82 Å². The van der Waals surface area contributed by atoms with Crippen molar-refractivity contribution in [1.82, 2.24) is 5.32 Å². The van der Waals surface area contributed by atoms with Gasteiger partial charge < -0.3 is 16.2 Å². The van der Waals surface area contributed by atoms with Crippen LogP contribution in [0.2, 0.25) is 0 Å². The molecule has 0 aliphatic rings. The Balaban J connectivity index is 3.05. The second-order valence-corrected chi connectivity index (χ2v) is 5.88. The van der Waals surface area contributed by atoms with E-state index in [4.69, 9.17) is 5.73 Å². The van der Waals surface area contributed by atoms with Crippen LogP contribution in [0.3, 0.4) is 0 Å². The third-order valence-electron chi connectivity index (χ3n) is 2.29. The summed E-state index contributed by atoms with van der Waals surface area (Å²) in [6, 6.07) is 2.75. The number of halogens is 2. The summed E-state index contributed by atoms with van der Waals surface area (Å²) in [4.78, 5) is 0. The van der Waals surface area contributed by atoms with Crippen molar-refractivity contribution in [2.24, 2.45) is 0 Å². The van der Waals surface area contributed by atoms with Crippen LogP contribution in [-0.2, 0) is 0 Å². The number of aliphatic hydroxyl groups is 1. The molecular formula is C12H18BrFN2O. The average Bonchev–Trinajstić information content (AvgIpc) is 2.20. The highest BCUT2D eigenvalue weighted by Crippen LogP contribution is 2.28. The molecule has 1 aromatic carbocycles. The monoisotopic (exact) mass is 304 g/mol. The van der Waals surface area contributed by atoms with Gasteiger partial charge in [0, 0.05) is 10.0 Å². The lowest BCUT2D eigenvalue weighted by Crippen LogP contribution is -2.40. The van der Waals surface area contributed by atoms with E-state index in [9.17, 15) is 9.50 Å². The normalized spacial score (nSPS) is 13.8. The minimum atomic E-state index is -0.483. The smallest absolute Gasteiger partial charge is 0.147 e. The number of anilines is 1. The van der Waals surface area contributed by atoms with Gasteiger partial charge in [-0.3, -0.25) is 0 Å². The number of nitrogens with one attached hydrogen (secondary N) is 1.